The number of ether oxygens (including phenoxy) is 1. The number of carbonyl (C=O) groups excluding carboxylic acids is 2. The van der Waals surface area contributed by atoms with Crippen LogP contribution in [0.3, 0.4) is 0 Å². The number of anilines is 1. The Morgan fingerprint density at radius 2 is 1.77 bits per heavy atom. The Bertz CT molecular complexity index is 856. The van der Waals surface area contributed by atoms with Gasteiger partial charge in [0, 0.05) is 30.8 Å². The van der Waals surface area contributed by atoms with Gasteiger partial charge in [-0.05, 0) is 49.2 Å². The maximum Gasteiger partial charge on any atom is 0.316 e. The molecule has 134 valence electrons. The molecule has 1 atom stereocenters. The zero-order chi connectivity index (χ0) is 18.8. The first-order chi connectivity index (χ1) is 12.3. The Hall–Kier alpha value is -3.22. The molecule has 26 heavy (non-hydrogen) atoms. The summed E-state index contributed by atoms with van der Waals surface area (Å²) in [4.78, 5) is 36.3. The monoisotopic (exact) mass is 354 g/mol. The summed E-state index contributed by atoms with van der Waals surface area (Å²) in [6, 6.07) is 11.2. The molecule has 1 heterocycles. The molecule has 0 bridgehead atoms. The van der Waals surface area contributed by atoms with Gasteiger partial charge >= 0.3 is 5.97 Å². The van der Waals surface area contributed by atoms with Crippen molar-refractivity contribution in [3.63, 3.8) is 0 Å². The van der Waals surface area contributed by atoms with Gasteiger partial charge in [-0.15, -0.1) is 0 Å². The number of hydrogen-bond donors (Lipinski definition) is 0. The van der Waals surface area contributed by atoms with E-state index in [0.29, 0.717) is 11.4 Å². The highest BCUT2D eigenvalue weighted by molar-refractivity contribution is 5.99. The van der Waals surface area contributed by atoms with Crippen molar-refractivity contribution in [3.8, 4) is 5.75 Å². The van der Waals surface area contributed by atoms with Crippen LogP contribution in [0.2, 0.25) is 0 Å². The summed E-state index contributed by atoms with van der Waals surface area (Å²) >= 11 is 0. The molecule has 0 N–H and O–H groups in total. The number of nitro benzene ring substituents is 1. The van der Waals surface area contributed by atoms with Crippen molar-refractivity contribution in [2.45, 2.75) is 20.3 Å². The molecule has 1 amide bonds. The standard InChI is InChI=1S/C19H18N2O5/c1-12-7-13(2)9-17(8-12)26-19(23)14-10-18(22)20(11-14)15-3-5-16(6-4-15)21(24)25/h3-9,14H,10-11H2,1-2H3/t14-/m1/s1. The Kier molecular flexibility index (Phi) is 4.71. The lowest BCUT2D eigenvalue weighted by Gasteiger charge is -2.16. The summed E-state index contributed by atoms with van der Waals surface area (Å²) in [6.45, 7) is 4.03. The molecule has 2 aromatic carbocycles. The van der Waals surface area contributed by atoms with Gasteiger partial charge in [0.25, 0.3) is 5.69 Å². The van der Waals surface area contributed by atoms with E-state index in [1.54, 1.807) is 12.1 Å². The Morgan fingerprint density at radius 3 is 2.35 bits per heavy atom. The molecule has 0 aromatic heterocycles. The SMILES string of the molecule is Cc1cc(C)cc(OC(=O)[C@@H]2CC(=O)N(c3ccc([N+](=O)[O-])cc3)C2)c1. The third-order valence-corrected chi connectivity index (χ3v) is 4.24. The second-order valence-corrected chi connectivity index (χ2v) is 6.42. The summed E-state index contributed by atoms with van der Waals surface area (Å²) in [7, 11) is 0. The van der Waals surface area contributed by atoms with Gasteiger partial charge in [0.1, 0.15) is 5.75 Å². The largest absolute Gasteiger partial charge is 0.426 e. The van der Waals surface area contributed by atoms with Crippen LogP contribution in [-0.2, 0) is 9.59 Å². The van der Waals surface area contributed by atoms with Gasteiger partial charge in [-0.2, -0.15) is 0 Å². The first-order valence-electron chi connectivity index (χ1n) is 8.18. The molecule has 0 spiro atoms. The van der Waals surface area contributed by atoms with E-state index in [9.17, 15) is 19.7 Å². The van der Waals surface area contributed by atoms with E-state index >= 15 is 0 Å². The molecule has 1 aliphatic rings. The third kappa shape index (κ3) is 3.72. The number of aryl methyl sites for hydroxylation is 2. The van der Waals surface area contributed by atoms with Crippen LogP contribution in [-0.4, -0.2) is 23.3 Å². The molecule has 0 radical (unpaired) electrons. The van der Waals surface area contributed by atoms with Gasteiger partial charge in [-0.3, -0.25) is 19.7 Å². The van der Waals surface area contributed by atoms with Crippen molar-refractivity contribution in [2.24, 2.45) is 5.92 Å². The van der Waals surface area contributed by atoms with Gasteiger partial charge in [0.15, 0.2) is 0 Å². The highest BCUT2D eigenvalue weighted by Crippen LogP contribution is 2.28. The second-order valence-electron chi connectivity index (χ2n) is 6.42. The van der Waals surface area contributed by atoms with Gasteiger partial charge in [-0.1, -0.05) is 6.07 Å². The smallest absolute Gasteiger partial charge is 0.316 e. The van der Waals surface area contributed by atoms with Gasteiger partial charge < -0.3 is 9.64 Å². The van der Waals surface area contributed by atoms with Gasteiger partial charge in [0.2, 0.25) is 5.91 Å². The van der Waals surface area contributed by atoms with Crippen LogP contribution in [0.15, 0.2) is 42.5 Å². The molecule has 7 heteroatoms. The van der Waals surface area contributed by atoms with Crippen LogP contribution in [0.4, 0.5) is 11.4 Å². The topological polar surface area (TPSA) is 89.8 Å². The van der Waals surface area contributed by atoms with Crippen LogP contribution in [0, 0.1) is 29.9 Å². The van der Waals surface area contributed by atoms with Crippen molar-refractivity contribution in [2.75, 3.05) is 11.4 Å². The highest BCUT2D eigenvalue weighted by atomic mass is 16.6. The lowest BCUT2D eigenvalue weighted by Crippen LogP contribution is -2.27. The number of nitro groups is 1. The second kappa shape index (κ2) is 6.95. The van der Waals surface area contributed by atoms with Crippen molar-refractivity contribution in [3.05, 3.63) is 63.7 Å². The van der Waals surface area contributed by atoms with E-state index in [4.69, 9.17) is 4.74 Å². The fourth-order valence-electron chi connectivity index (χ4n) is 3.06. The minimum Gasteiger partial charge on any atom is -0.426 e. The number of carbonyl (C=O) groups is 2. The lowest BCUT2D eigenvalue weighted by molar-refractivity contribution is -0.384. The lowest BCUT2D eigenvalue weighted by atomic mass is 10.1. The van der Waals surface area contributed by atoms with E-state index in [2.05, 4.69) is 0 Å². The normalized spacial score (nSPS) is 16.6. The number of amides is 1. The summed E-state index contributed by atoms with van der Waals surface area (Å²) in [5, 5.41) is 10.7. The van der Waals surface area contributed by atoms with Crippen LogP contribution < -0.4 is 9.64 Å². The zero-order valence-corrected chi connectivity index (χ0v) is 14.5. The first kappa shape index (κ1) is 17.6. The van der Waals surface area contributed by atoms with E-state index in [1.165, 1.54) is 29.2 Å². The van der Waals surface area contributed by atoms with E-state index in [0.717, 1.165) is 11.1 Å². The average molecular weight is 354 g/mol. The van der Waals surface area contributed by atoms with Crippen LogP contribution in [0.5, 0.6) is 5.75 Å². The van der Waals surface area contributed by atoms with Crippen molar-refractivity contribution >= 4 is 23.3 Å². The van der Waals surface area contributed by atoms with Crippen molar-refractivity contribution in [1.82, 2.24) is 0 Å². The number of esters is 1. The molecular formula is C19H18N2O5. The van der Waals surface area contributed by atoms with Crippen LogP contribution in [0.1, 0.15) is 17.5 Å². The maximum atomic E-state index is 12.4. The number of benzene rings is 2. The number of hydrogen-bond acceptors (Lipinski definition) is 5. The Morgan fingerprint density at radius 1 is 1.15 bits per heavy atom. The third-order valence-electron chi connectivity index (χ3n) is 4.24. The summed E-state index contributed by atoms with van der Waals surface area (Å²) in [5.74, 6) is -0.763. The summed E-state index contributed by atoms with van der Waals surface area (Å²) < 4.78 is 5.44. The molecule has 0 aliphatic carbocycles. The molecule has 3 rings (SSSR count). The first-order valence-corrected chi connectivity index (χ1v) is 8.18. The number of nitrogens with zero attached hydrogens (tertiary/aromatic N) is 2. The van der Waals surface area contributed by atoms with E-state index in [1.807, 2.05) is 19.9 Å². The van der Waals surface area contributed by atoms with Crippen LogP contribution >= 0.6 is 0 Å². The predicted octanol–water partition coefficient (Wildman–Crippen LogP) is 3.17. The fourth-order valence-corrected chi connectivity index (χ4v) is 3.06. The predicted molar refractivity (Wildman–Crippen MR) is 95.1 cm³/mol. The molecule has 1 fully saturated rings. The molecule has 0 saturated carbocycles. The minimum absolute atomic E-state index is 0.0498. The molecule has 2 aromatic rings. The Balaban J connectivity index is 1.70. The summed E-state index contributed by atoms with van der Waals surface area (Å²) in [6.07, 6.45) is 0.0562. The molecular weight excluding hydrogens is 336 g/mol. The van der Waals surface area contributed by atoms with E-state index < -0.39 is 16.8 Å². The van der Waals surface area contributed by atoms with E-state index in [-0.39, 0.29) is 24.6 Å². The van der Waals surface area contributed by atoms with Crippen LogP contribution in [0.25, 0.3) is 0 Å². The Labute approximate surface area is 150 Å². The zero-order valence-electron chi connectivity index (χ0n) is 14.5. The van der Waals surface area contributed by atoms with Crippen molar-refractivity contribution < 1.29 is 19.2 Å². The molecule has 1 aliphatic heterocycles. The molecule has 0 unspecified atom stereocenters. The van der Waals surface area contributed by atoms with Crippen molar-refractivity contribution in [1.29, 1.82) is 0 Å². The fraction of sp³-hybridized carbons (Fsp3) is 0.263. The maximum absolute atomic E-state index is 12.4. The minimum atomic E-state index is -0.571. The molecule has 7 nitrogen and oxygen atoms in total. The number of rotatable bonds is 4. The highest BCUT2D eigenvalue weighted by Gasteiger charge is 2.36. The quantitative estimate of drug-likeness (QED) is 0.364. The van der Waals surface area contributed by atoms with Gasteiger partial charge in [-0.25, -0.2) is 0 Å². The molecule has 1 saturated heterocycles. The van der Waals surface area contributed by atoms with Gasteiger partial charge in [0.05, 0.1) is 10.8 Å². The number of non-ortho nitro benzene ring substituents is 1. The summed E-state index contributed by atoms with van der Waals surface area (Å²) in [5.41, 5.74) is 2.46. The average Bonchev–Trinajstić information content (AvgIpc) is 2.96.